The first-order valence-electron chi connectivity index (χ1n) is 8.77. The standard InChI is InChI=1S/C23H20N2O2/c1-16-8-13-20-21(25-24-18-6-4-3-5-7-18)15-22(27-23(20)14-16)17-9-11-19(26-2)12-10-17/h3-15,24H,1-2H3/b25-21-. The molecule has 0 atom stereocenters. The third kappa shape index (κ3) is 3.70. The van der Waals surface area contributed by atoms with Gasteiger partial charge in [0.25, 0.3) is 0 Å². The summed E-state index contributed by atoms with van der Waals surface area (Å²) in [6.07, 6.45) is 0. The topological polar surface area (TPSA) is 46.8 Å². The number of ether oxygens (including phenoxy) is 1. The quantitative estimate of drug-likeness (QED) is 0.502. The summed E-state index contributed by atoms with van der Waals surface area (Å²) in [4.78, 5) is 0. The molecule has 0 fully saturated rings. The lowest BCUT2D eigenvalue weighted by Gasteiger charge is -2.07. The summed E-state index contributed by atoms with van der Waals surface area (Å²) >= 11 is 0. The van der Waals surface area contributed by atoms with Crippen LogP contribution in [-0.2, 0) is 0 Å². The van der Waals surface area contributed by atoms with E-state index in [4.69, 9.17) is 9.15 Å². The molecule has 134 valence electrons. The van der Waals surface area contributed by atoms with Crippen LogP contribution in [0.5, 0.6) is 5.75 Å². The number of fused-ring (bicyclic) bond motifs is 1. The Balaban J connectivity index is 1.85. The molecular formula is C23H20N2O2. The fraction of sp³-hybridized carbons (Fsp3) is 0.0870. The molecule has 0 aliphatic heterocycles. The van der Waals surface area contributed by atoms with Gasteiger partial charge < -0.3 is 9.15 Å². The molecule has 0 amide bonds. The maximum absolute atomic E-state index is 6.17. The van der Waals surface area contributed by atoms with Crippen LogP contribution in [0.1, 0.15) is 5.56 Å². The number of hydrogen-bond acceptors (Lipinski definition) is 4. The average molecular weight is 356 g/mol. The van der Waals surface area contributed by atoms with Crippen LogP contribution in [0.2, 0.25) is 0 Å². The zero-order chi connectivity index (χ0) is 18.6. The van der Waals surface area contributed by atoms with Gasteiger partial charge in [0.2, 0.25) is 0 Å². The van der Waals surface area contributed by atoms with Crippen molar-refractivity contribution in [1.82, 2.24) is 0 Å². The van der Waals surface area contributed by atoms with E-state index in [1.54, 1.807) is 7.11 Å². The number of methoxy groups -OCH3 is 1. The van der Waals surface area contributed by atoms with Crippen molar-refractivity contribution in [2.75, 3.05) is 12.5 Å². The minimum atomic E-state index is 0.754. The average Bonchev–Trinajstić information content (AvgIpc) is 2.72. The number of rotatable bonds is 4. The number of anilines is 1. The second-order valence-electron chi connectivity index (χ2n) is 6.31. The van der Waals surface area contributed by atoms with Gasteiger partial charge in [0.05, 0.1) is 18.2 Å². The molecule has 0 saturated carbocycles. The summed E-state index contributed by atoms with van der Waals surface area (Å²) in [5.74, 6) is 1.57. The van der Waals surface area contributed by atoms with Gasteiger partial charge in [-0.1, -0.05) is 24.3 Å². The molecule has 0 saturated heterocycles. The SMILES string of the molecule is COc1ccc(-c2c/c(=N/Nc3ccccc3)c3ccc(C)cc3o2)cc1. The first-order valence-corrected chi connectivity index (χ1v) is 8.77. The van der Waals surface area contributed by atoms with Crippen molar-refractivity contribution in [3.8, 4) is 17.1 Å². The van der Waals surface area contributed by atoms with E-state index in [0.717, 1.165) is 44.7 Å². The molecule has 4 aromatic rings. The minimum absolute atomic E-state index is 0.754. The largest absolute Gasteiger partial charge is 0.497 e. The zero-order valence-electron chi connectivity index (χ0n) is 15.3. The van der Waals surface area contributed by atoms with Gasteiger partial charge in [-0.25, -0.2) is 0 Å². The second-order valence-corrected chi connectivity index (χ2v) is 6.31. The number of aryl methyl sites for hydroxylation is 1. The fourth-order valence-electron chi connectivity index (χ4n) is 2.90. The van der Waals surface area contributed by atoms with E-state index in [1.165, 1.54) is 0 Å². The first kappa shape index (κ1) is 16.9. The molecule has 0 radical (unpaired) electrons. The van der Waals surface area contributed by atoms with Crippen molar-refractivity contribution in [1.29, 1.82) is 0 Å². The predicted molar refractivity (Wildman–Crippen MR) is 109 cm³/mol. The van der Waals surface area contributed by atoms with E-state index < -0.39 is 0 Å². The van der Waals surface area contributed by atoms with E-state index in [-0.39, 0.29) is 0 Å². The van der Waals surface area contributed by atoms with Gasteiger partial charge in [0, 0.05) is 17.0 Å². The lowest BCUT2D eigenvalue weighted by molar-refractivity contribution is 0.415. The van der Waals surface area contributed by atoms with Crippen LogP contribution in [0.3, 0.4) is 0 Å². The monoisotopic (exact) mass is 356 g/mol. The summed E-state index contributed by atoms with van der Waals surface area (Å²) in [6, 6.07) is 25.8. The normalized spacial score (nSPS) is 11.6. The second kappa shape index (κ2) is 7.38. The molecule has 4 nitrogen and oxygen atoms in total. The maximum Gasteiger partial charge on any atom is 0.137 e. The van der Waals surface area contributed by atoms with E-state index in [2.05, 4.69) is 16.6 Å². The molecule has 3 aromatic carbocycles. The van der Waals surface area contributed by atoms with Crippen molar-refractivity contribution in [3.05, 3.63) is 89.8 Å². The number of para-hydroxylation sites is 1. The number of benzene rings is 3. The Hall–Kier alpha value is -3.53. The third-order valence-corrected chi connectivity index (χ3v) is 4.35. The Morgan fingerprint density at radius 2 is 1.67 bits per heavy atom. The number of hydrogen-bond donors (Lipinski definition) is 1. The molecule has 4 rings (SSSR count). The van der Waals surface area contributed by atoms with Gasteiger partial charge in [-0.2, -0.15) is 5.10 Å². The van der Waals surface area contributed by atoms with Crippen LogP contribution in [-0.4, -0.2) is 7.11 Å². The third-order valence-electron chi connectivity index (χ3n) is 4.35. The maximum atomic E-state index is 6.17. The van der Waals surface area contributed by atoms with E-state index >= 15 is 0 Å². The Labute approximate surface area is 157 Å². The summed E-state index contributed by atoms with van der Waals surface area (Å²) < 4.78 is 11.4. The molecule has 0 unspecified atom stereocenters. The van der Waals surface area contributed by atoms with Crippen molar-refractivity contribution in [3.63, 3.8) is 0 Å². The minimum Gasteiger partial charge on any atom is -0.497 e. The molecular weight excluding hydrogens is 336 g/mol. The Morgan fingerprint density at radius 3 is 2.41 bits per heavy atom. The molecule has 1 aromatic heterocycles. The molecule has 0 aliphatic carbocycles. The lowest BCUT2D eigenvalue weighted by atomic mass is 10.1. The molecule has 0 aliphatic rings. The van der Waals surface area contributed by atoms with Crippen LogP contribution in [0, 0.1) is 6.92 Å². The summed E-state index contributed by atoms with van der Waals surface area (Å²) in [6.45, 7) is 2.05. The molecule has 0 spiro atoms. The van der Waals surface area contributed by atoms with Crippen molar-refractivity contribution < 1.29 is 9.15 Å². The lowest BCUT2D eigenvalue weighted by Crippen LogP contribution is -2.07. The van der Waals surface area contributed by atoms with Gasteiger partial charge >= 0.3 is 0 Å². The van der Waals surface area contributed by atoms with Crippen LogP contribution in [0.4, 0.5) is 5.69 Å². The van der Waals surface area contributed by atoms with E-state index in [9.17, 15) is 0 Å². The van der Waals surface area contributed by atoms with E-state index in [1.807, 2.05) is 79.7 Å². The van der Waals surface area contributed by atoms with Crippen molar-refractivity contribution in [2.45, 2.75) is 6.92 Å². The molecule has 4 heteroatoms. The van der Waals surface area contributed by atoms with Crippen molar-refractivity contribution in [2.24, 2.45) is 5.10 Å². The Kier molecular flexibility index (Phi) is 4.62. The highest BCUT2D eigenvalue weighted by atomic mass is 16.5. The number of nitrogens with one attached hydrogen (secondary N) is 1. The van der Waals surface area contributed by atoms with Crippen molar-refractivity contribution >= 4 is 16.7 Å². The van der Waals surface area contributed by atoms with Gasteiger partial charge in [0.15, 0.2) is 0 Å². The van der Waals surface area contributed by atoms with Crippen LogP contribution < -0.4 is 15.5 Å². The highest BCUT2D eigenvalue weighted by molar-refractivity contribution is 5.79. The highest BCUT2D eigenvalue weighted by Gasteiger charge is 2.07. The fourth-order valence-corrected chi connectivity index (χ4v) is 2.90. The molecule has 27 heavy (non-hydrogen) atoms. The molecule has 0 bridgehead atoms. The summed E-state index contributed by atoms with van der Waals surface area (Å²) in [5, 5.41) is 6.40. The highest BCUT2D eigenvalue weighted by Crippen LogP contribution is 2.25. The summed E-state index contributed by atoms with van der Waals surface area (Å²) in [7, 11) is 1.66. The van der Waals surface area contributed by atoms with Gasteiger partial charge in [0.1, 0.15) is 17.1 Å². The van der Waals surface area contributed by atoms with E-state index in [0.29, 0.717) is 0 Å². The Bertz CT molecular complexity index is 1130. The first-order chi connectivity index (χ1) is 13.2. The number of nitrogens with zero attached hydrogens (tertiary/aromatic N) is 1. The predicted octanol–water partition coefficient (Wildman–Crippen LogP) is 5.34. The van der Waals surface area contributed by atoms with Crippen LogP contribution in [0.25, 0.3) is 22.3 Å². The Morgan fingerprint density at radius 1 is 0.889 bits per heavy atom. The van der Waals surface area contributed by atoms with Crippen LogP contribution in [0.15, 0.2) is 88.4 Å². The molecule has 1 heterocycles. The van der Waals surface area contributed by atoms with Gasteiger partial charge in [-0.3, -0.25) is 5.43 Å². The molecule has 1 N–H and O–H groups in total. The smallest absolute Gasteiger partial charge is 0.137 e. The zero-order valence-corrected chi connectivity index (χ0v) is 15.3. The van der Waals surface area contributed by atoms with Gasteiger partial charge in [-0.05, 0) is 61.0 Å². The van der Waals surface area contributed by atoms with Gasteiger partial charge in [-0.15, -0.1) is 0 Å². The summed E-state index contributed by atoms with van der Waals surface area (Å²) in [5.41, 5.74) is 6.97. The van der Waals surface area contributed by atoms with Crippen LogP contribution >= 0.6 is 0 Å².